The maximum atomic E-state index is 12.3. The Bertz CT molecular complexity index is 734. The Hall–Kier alpha value is -2.83. The molecule has 0 aliphatic heterocycles. The molecule has 0 atom stereocenters. The predicted molar refractivity (Wildman–Crippen MR) is 90.7 cm³/mol. The molecule has 0 fully saturated rings. The molecular weight excluding hydrogens is 346 g/mol. The molecule has 0 aliphatic rings. The van der Waals surface area contributed by atoms with E-state index in [1.54, 1.807) is 7.11 Å². The fourth-order valence-electron chi connectivity index (χ4n) is 2.31. The summed E-state index contributed by atoms with van der Waals surface area (Å²) in [5.74, 6) is 0.444. The van der Waals surface area contributed by atoms with Crippen molar-refractivity contribution in [2.75, 3.05) is 14.2 Å². The maximum Gasteiger partial charge on any atom is 0.387 e. The van der Waals surface area contributed by atoms with E-state index in [0.717, 1.165) is 11.3 Å². The van der Waals surface area contributed by atoms with Gasteiger partial charge in [0.05, 0.1) is 14.2 Å². The molecule has 0 aromatic heterocycles. The molecule has 0 saturated carbocycles. The molecule has 140 valence electrons. The monoisotopic (exact) mass is 366 g/mol. The molecule has 0 heterocycles. The number of halogens is 2. The third kappa shape index (κ3) is 5.91. The Balaban J connectivity index is 1.86. The molecule has 7 heteroatoms. The number of carbonyl (C=O) groups excluding carboxylic acids is 1. The number of ether oxygens (including phenoxy) is 4. The van der Waals surface area contributed by atoms with Crippen LogP contribution in [0.25, 0.3) is 0 Å². The van der Waals surface area contributed by atoms with Crippen LogP contribution in [0.3, 0.4) is 0 Å². The van der Waals surface area contributed by atoms with Gasteiger partial charge in [0.2, 0.25) is 0 Å². The van der Waals surface area contributed by atoms with E-state index in [9.17, 15) is 13.6 Å². The molecule has 0 spiro atoms. The first-order valence-electron chi connectivity index (χ1n) is 7.92. The third-order valence-electron chi connectivity index (χ3n) is 3.60. The summed E-state index contributed by atoms with van der Waals surface area (Å²) >= 11 is 0. The molecule has 0 unspecified atom stereocenters. The van der Waals surface area contributed by atoms with Crippen LogP contribution < -0.4 is 14.2 Å². The minimum atomic E-state index is -2.94. The Morgan fingerprint density at radius 3 is 2.50 bits per heavy atom. The Morgan fingerprint density at radius 1 is 1.00 bits per heavy atom. The van der Waals surface area contributed by atoms with Gasteiger partial charge in [0.1, 0.15) is 12.4 Å². The van der Waals surface area contributed by atoms with Crippen LogP contribution in [-0.2, 0) is 22.6 Å². The Labute approximate surface area is 150 Å². The summed E-state index contributed by atoms with van der Waals surface area (Å²) in [5.41, 5.74) is 1.58. The Kier molecular flexibility index (Phi) is 7.20. The molecule has 0 radical (unpaired) electrons. The van der Waals surface area contributed by atoms with Crippen LogP contribution in [0.5, 0.6) is 17.2 Å². The summed E-state index contributed by atoms with van der Waals surface area (Å²) in [6.07, 6.45) is 0.747. The van der Waals surface area contributed by atoms with Gasteiger partial charge in [-0.1, -0.05) is 18.2 Å². The van der Waals surface area contributed by atoms with E-state index >= 15 is 0 Å². The predicted octanol–water partition coefficient (Wildman–Crippen LogP) is 3.98. The lowest BCUT2D eigenvalue weighted by atomic mass is 10.1. The van der Waals surface area contributed by atoms with Gasteiger partial charge >= 0.3 is 12.6 Å². The number of esters is 1. The number of aryl methyl sites for hydroxylation is 1. The van der Waals surface area contributed by atoms with Crippen LogP contribution in [-0.4, -0.2) is 26.8 Å². The highest BCUT2D eigenvalue weighted by Crippen LogP contribution is 2.29. The summed E-state index contributed by atoms with van der Waals surface area (Å²) < 4.78 is 44.3. The van der Waals surface area contributed by atoms with Crippen LogP contribution >= 0.6 is 0 Å². The number of alkyl halides is 2. The van der Waals surface area contributed by atoms with Crippen LogP contribution in [0.15, 0.2) is 42.5 Å². The molecule has 2 aromatic rings. The second-order valence-electron chi connectivity index (χ2n) is 5.38. The lowest BCUT2D eigenvalue weighted by Gasteiger charge is -2.11. The summed E-state index contributed by atoms with van der Waals surface area (Å²) in [6.45, 7) is -2.92. The molecule has 2 aromatic carbocycles. The van der Waals surface area contributed by atoms with E-state index in [1.807, 2.05) is 24.3 Å². The van der Waals surface area contributed by atoms with Crippen molar-refractivity contribution in [3.05, 3.63) is 53.6 Å². The van der Waals surface area contributed by atoms with Gasteiger partial charge in [-0.25, -0.2) is 0 Å². The second kappa shape index (κ2) is 9.60. The van der Waals surface area contributed by atoms with Crippen molar-refractivity contribution in [2.45, 2.75) is 26.1 Å². The summed E-state index contributed by atoms with van der Waals surface area (Å²) in [4.78, 5) is 11.9. The minimum absolute atomic E-state index is 0.0161. The quantitative estimate of drug-likeness (QED) is 0.629. The van der Waals surface area contributed by atoms with Gasteiger partial charge in [0, 0.05) is 6.42 Å². The largest absolute Gasteiger partial charge is 0.497 e. The molecule has 0 amide bonds. The van der Waals surface area contributed by atoms with Crippen molar-refractivity contribution in [2.24, 2.45) is 0 Å². The summed E-state index contributed by atoms with van der Waals surface area (Å²) in [7, 11) is 2.93. The summed E-state index contributed by atoms with van der Waals surface area (Å²) in [5, 5.41) is 0. The normalized spacial score (nSPS) is 10.5. The highest BCUT2D eigenvalue weighted by molar-refractivity contribution is 5.69. The number of carbonyl (C=O) groups is 1. The number of benzene rings is 2. The SMILES string of the molecule is COc1cccc(CCC(=O)OCc2ccc(OC(F)F)c(OC)c2)c1. The van der Waals surface area contributed by atoms with Gasteiger partial charge in [-0.2, -0.15) is 8.78 Å². The first-order valence-corrected chi connectivity index (χ1v) is 7.92. The fourth-order valence-corrected chi connectivity index (χ4v) is 2.31. The molecule has 26 heavy (non-hydrogen) atoms. The molecular formula is C19H20F2O5. The highest BCUT2D eigenvalue weighted by Gasteiger charge is 2.12. The molecule has 0 saturated heterocycles. The second-order valence-corrected chi connectivity index (χ2v) is 5.38. The fraction of sp³-hybridized carbons (Fsp3) is 0.316. The Morgan fingerprint density at radius 2 is 1.81 bits per heavy atom. The van der Waals surface area contributed by atoms with Crippen molar-refractivity contribution in [1.82, 2.24) is 0 Å². The zero-order valence-electron chi connectivity index (χ0n) is 14.5. The van der Waals surface area contributed by atoms with Gasteiger partial charge in [0.25, 0.3) is 0 Å². The third-order valence-corrected chi connectivity index (χ3v) is 3.60. The van der Waals surface area contributed by atoms with E-state index in [2.05, 4.69) is 4.74 Å². The van der Waals surface area contributed by atoms with Crippen LogP contribution in [0, 0.1) is 0 Å². The van der Waals surface area contributed by atoms with Crippen molar-refractivity contribution in [3.8, 4) is 17.2 Å². The topological polar surface area (TPSA) is 54.0 Å². The zero-order chi connectivity index (χ0) is 18.9. The van der Waals surface area contributed by atoms with Gasteiger partial charge < -0.3 is 18.9 Å². The molecule has 2 rings (SSSR count). The molecule has 0 aliphatic carbocycles. The number of rotatable bonds is 9. The zero-order valence-corrected chi connectivity index (χ0v) is 14.5. The average Bonchev–Trinajstić information content (AvgIpc) is 2.65. The molecule has 0 N–H and O–H groups in total. The van der Waals surface area contributed by atoms with Gasteiger partial charge in [-0.05, 0) is 41.8 Å². The molecule has 0 bridgehead atoms. The van der Waals surface area contributed by atoms with Crippen molar-refractivity contribution < 1.29 is 32.5 Å². The first-order chi connectivity index (χ1) is 12.5. The van der Waals surface area contributed by atoms with Crippen molar-refractivity contribution >= 4 is 5.97 Å². The number of methoxy groups -OCH3 is 2. The van der Waals surface area contributed by atoms with E-state index < -0.39 is 6.61 Å². The maximum absolute atomic E-state index is 12.3. The summed E-state index contributed by atoms with van der Waals surface area (Å²) in [6, 6.07) is 11.8. The van der Waals surface area contributed by atoms with Gasteiger partial charge in [0.15, 0.2) is 11.5 Å². The lowest BCUT2D eigenvalue weighted by molar-refractivity contribution is -0.144. The minimum Gasteiger partial charge on any atom is -0.497 e. The van der Waals surface area contributed by atoms with E-state index in [4.69, 9.17) is 14.2 Å². The van der Waals surface area contributed by atoms with Gasteiger partial charge in [-0.3, -0.25) is 4.79 Å². The lowest BCUT2D eigenvalue weighted by Crippen LogP contribution is -2.07. The van der Waals surface area contributed by atoms with E-state index in [0.29, 0.717) is 12.0 Å². The van der Waals surface area contributed by atoms with E-state index in [-0.39, 0.29) is 30.5 Å². The van der Waals surface area contributed by atoms with Crippen LogP contribution in [0.2, 0.25) is 0 Å². The van der Waals surface area contributed by atoms with Crippen molar-refractivity contribution in [3.63, 3.8) is 0 Å². The number of hydrogen-bond donors (Lipinski definition) is 0. The highest BCUT2D eigenvalue weighted by atomic mass is 19.3. The van der Waals surface area contributed by atoms with Crippen LogP contribution in [0.1, 0.15) is 17.5 Å². The standard InChI is InChI=1S/C19H20F2O5/c1-23-15-5-3-4-13(10-15)7-9-18(22)25-12-14-6-8-16(26-19(20)21)17(11-14)24-2/h3-6,8,10-11,19H,7,9,12H2,1-2H3. The van der Waals surface area contributed by atoms with Crippen molar-refractivity contribution in [1.29, 1.82) is 0 Å². The molecule has 5 nitrogen and oxygen atoms in total. The van der Waals surface area contributed by atoms with Gasteiger partial charge in [-0.15, -0.1) is 0 Å². The van der Waals surface area contributed by atoms with Crippen LogP contribution in [0.4, 0.5) is 8.78 Å². The first kappa shape index (κ1) is 19.5. The smallest absolute Gasteiger partial charge is 0.387 e. The number of hydrogen-bond acceptors (Lipinski definition) is 5. The average molecular weight is 366 g/mol. The van der Waals surface area contributed by atoms with E-state index in [1.165, 1.54) is 25.3 Å².